The molecule has 0 aromatic heterocycles. The third-order valence-corrected chi connectivity index (χ3v) is 3.00. The molecule has 0 aliphatic heterocycles. The van der Waals surface area contributed by atoms with Crippen LogP contribution in [0.1, 0.15) is 22.8 Å². The molecule has 2 rings (SSSR count). The van der Waals surface area contributed by atoms with Gasteiger partial charge in [-0.05, 0) is 49.7 Å². The first-order valence-electron chi connectivity index (χ1n) is 6.75. The molecule has 2 aromatic carbocycles. The molecular formula is C17H17FO3. The van der Waals surface area contributed by atoms with Crippen LogP contribution in [0.2, 0.25) is 0 Å². The summed E-state index contributed by atoms with van der Waals surface area (Å²) in [6, 6.07) is 11.6. The minimum atomic E-state index is -0.433. The molecule has 0 saturated carbocycles. The van der Waals surface area contributed by atoms with Crippen LogP contribution < -0.4 is 9.47 Å². The number of hydrogen-bond acceptors (Lipinski definition) is 3. The zero-order valence-electron chi connectivity index (χ0n) is 12.1. The molecule has 0 unspecified atom stereocenters. The number of Topliss-reactive ketones (excluding diaryl/α,β-unsaturated/α-hetero) is 1. The molecule has 0 aliphatic rings. The van der Waals surface area contributed by atoms with Crippen molar-refractivity contribution in [2.45, 2.75) is 13.8 Å². The fourth-order valence-corrected chi connectivity index (χ4v) is 1.86. The Morgan fingerprint density at radius 2 is 1.81 bits per heavy atom. The number of ketones is 1. The molecule has 0 amide bonds. The van der Waals surface area contributed by atoms with E-state index in [2.05, 4.69) is 0 Å². The lowest BCUT2D eigenvalue weighted by Crippen LogP contribution is -2.12. The van der Waals surface area contributed by atoms with Crippen molar-refractivity contribution in [3.8, 4) is 11.5 Å². The van der Waals surface area contributed by atoms with E-state index in [4.69, 9.17) is 9.47 Å². The molecule has 110 valence electrons. The van der Waals surface area contributed by atoms with Crippen LogP contribution in [0.5, 0.6) is 11.5 Å². The van der Waals surface area contributed by atoms with Crippen molar-refractivity contribution in [2.24, 2.45) is 0 Å². The van der Waals surface area contributed by atoms with E-state index in [-0.39, 0.29) is 18.1 Å². The summed E-state index contributed by atoms with van der Waals surface area (Å²) in [5.74, 6) is 0.157. The zero-order valence-corrected chi connectivity index (χ0v) is 12.1. The van der Waals surface area contributed by atoms with Crippen LogP contribution in [0.15, 0.2) is 42.5 Å². The largest absolute Gasteiger partial charge is 0.494 e. The fourth-order valence-electron chi connectivity index (χ4n) is 1.86. The fraction of sp³-hybridized carbons (Fsp3) is 0.235. The Morgan fingerprint density at radius 3 is 2.48 bits per heavy atom. The minimum Gasteiger partial charge on any atom is -0.494 e. The Hall–Kier alpha value is -2.36. The van der Waals surface area contributed by atoms with E-state index in [9.17, 15) is 9.18 Å². The third-order valence-electron chi connectivity index (χ3n) is 3.00. The molecule has 0 saturated heterocycles. The average Bonchev–Trinajstić information content (AvgIpc) is 2.49. The Kier molecular flexibility index (Phi) is 4.93. The standard InChI is InChI=1S/C17H17FO3/c1-3-20-14-9-7-13(8-10-14)15(19)11-21-16-6-4-5-12(2)17(16)18/h4-10H,3,11H2,1-2H3. The monoisotopic (exact) mass is 288 g/mol. The van der Waals surface area contributed by atoms with E-state index in [0.29, 0.717) is 23.5 Å². The number of rotatable bonds is 6. The molecule has 2 aromatic rings. The molecule has 0 heterocycles. The van der Waals surface area contributed by atoms with Crippen molar-refractivity contribution in [2.75, 3.05) is 13.2 Å². The number of ether oxygens (including phenoxy) is 2. The van der Waals surface area contributed by atoms with Gasteiger partial charge in [-0.15, -0.1) is 0 Å². The lowest BCUT2D eigenvalue weighted by atomic mass is 10.1. The predicted molar refractivity (Wildman–Crippen MR) is 78.6 cm³/mol. The number of hydrogen-bond donors (Lipinski definition) is 0. The van der Waals surface area contributed by atoms with Crippen molar-refractivity contribution in [1.29, 1.82) is 0 Å². The Bertz CT molecular complexity index is 620. The Morgan fingerprint density at radius 1 is 1.10 bits per heavy atom. The second-order valence-corrected chi connectivity index (χ2v) is 4.56. The van der Waals surface area contributed by atoms with E-state index in [1.165, 1.54) is 6.07 Å². The number of halogens is 1. The summed E-state index contributed by atoms with van der Waals surface area (Å²) >= 11 is 0. The van der Waals surface area contributed by atoms with E-state index in [1.54, 1.807) is 43.3 Å². The lowest BCUT2D eigenvalue weighted by molar-refractivity contribution is 0.0918. The van der Waals surface area contributed by atoms with Crippen molar-refractivity contribution >= 4 is 5.78 Å². The van der Waals surface area contributed by atoms with Gasteiger partial charge < -0.3 is 9.47 Å². The summed E-state index contributed by atoms with van der Waals surface area (Å²) in [6.45, 7) is 3.91. The van der Waals surface area contributed by atoms with Gasteiger partial charge in [-0.3, -0.25) is 4.79 Å². The molecule has 0 spiro atoms. The van der Waals surface area contributed by atoms with Crippen LogP contribution >= 0.6 is 0 Å². The number of aryl methyl sites for hydroxylation is 1. The first-order chi connectivity index (χ1) is 10.1. The van der Waals surface area contributed by atoms with Gasteiger partial charge in [0, 0.05) is 5.56 Å². The van der Waals surface area contributed by atoms with Crippen LogP contribution in [-0.2, 0) is 0 Å². The topological polar surface area (TPSA) is 35.5 Å². The second kappa shape index (κ2) is 6.88. The van der Waals surface area contributed by atoms with E-state index in [0.717, 1.165) is 0 Å². The first kappa shape index (κ1) is 15.0. The smallest absolute Gasteiger partial charge is 0.200 e. The highest BCUT2D eigenvalue weighted by atomic mass is 19.1. The summed E-state index contributed by atoms with van der Waals surface area (Å²) in [4.78, 5) is 12.0. The maximum absolute atomic E-state index is 13.7. The Balaban J connectivity index is 1.99. The summed E-state index contributed by atoms with van der Waals surface area (Å²) < 4.78 is 24.3. The molecule has 0 fully saturated rings. The van der Waals surface area contributed by atoms with E-state index < -0.39 is 5.82 Å². The highest BCUT2D eigenvalue weighted by Crippen LogP contribution is 2.20. The van der Waals surface area contributed by atoms with Gasteiger partial charge in [0.25, 0.3) is 0 Å². The molecule has 0 bridgehead atoms. The first-order valence-corrected chi connectivity index (χ1v) is 6.75. The van der Waals surface area contributed by atoms with Gasteiger partial charge in [0.05, 0.1) is 6.61 Å². The Labute approximate surface area is 123 Å². The van der Waals surface area contributed by atoms with Crippen molar-refractivity contribution in [3.05, 3.63) is 59.4 Å². The van der Waals surface area contributed by atoms with Gasteiger partial charge in [0.2, 0.25) is 0 Å². The molecule has 4 heteroatoms. The van der Waals surface area contributed by atoms with Gasteiger partial charge in [-0.25, -0.2) is 4.39 Å². The molecule has 3 nitrogen and oxygen atoms in total. The van der Waals surface area contributed by atoms with Gasteiger partial charge in [0.1, 0.15) is 5.75 Å². The maximum Gasteiger partial charge on any atom is 0.200 e. The average molecular weight is 288 g/mol. The van der Waals surface area contributed by atoms with Gasteiger partial charge in [-0.1, -0.05) is 12.1 Å². The molecule has 0 radical (unpaired) electrons. The zero-order chi connectivity index (χ0) is 15.2. The molecule has 0 N–H and O–H groups in total. The van der Waals surface area contributed by atoms with Crippen LogP contribution in [0.25, 0.3) is 0 Å². The SMILES string of the molecule is CCOc1ccc(C(=O)COc2cccc(C)c2F)cc1. The summed E-state index contributed by atoms with van der Waals surface area (Å²) in [5, 5.41) is 0. The van der Waals surface area contributed by atoms with Crippen molar-refractivity contribution < 1.29 is 18.7 Å². The predicted octanol–water partition coefficient (Wildman–Crippen LogP) is 3.79. The third kappa shape index (κ3) is 3.81. The van der Waals surface area contributed by atoms with Gasteiger partial charge in [-0.2, -0.15) is 0 Å². The van der Waals surface area contributed by atoms with E-state index in [1.807, 2.05) is 6.92 Å². The van der Waals surface area contributed by atoms with Gasteiger partial charge in [0.15, 0.2) is 24.0 Å². The van der Waals surface area contributed by atoms with Crippen LogP contribution in [0.3, 0.4) is 0 Å². The highest BCUT2D eigenvalue weighted by molar-refractivity contribution is 5.97. The summed E-state index contributed by atoms with van der Waals surface area (Å²) in [7, 11) is 0. The minimum absolute atomic E-state index is 0.0919. The van der Waals surface area contributed by atoms with E-state index >= 15 is 0 Å². The molecule has 0 aliphatic carbocycles. The number of carbonyl (C=O) groups is 1. The number of benzene rings is 2. The normalized spacial score (nSPS) is 10.2. The second-order valence-electron chi connectivity index (χ2n) is 4.56. The summed E-state index contributed by atoms with van der Waals surface area (Å²) in [6.07, 6.45) is 0. The highest BCUT2D eigenvalue weighted by Gasteiger charge is 2.10. The van der Waals surface area contributed by atoms with Crippen LogP contribution in [-0.4, -0.2) is 19.0 Å². The lowest BCUT2D eigenvalue weighted by Gasteiger charge is -2.08. The molecule has 0 atom stereocenters. The quantitative estimate of drug-likeness (QED) is 0.759. The maximum atomic E-state index is 13.7. The van der Waals surface area contributed by atoms with Crippen molar-refractivity contribution in [1.82, 2.24) is 0 Å². The summed E-state index contributed by atoms with van der Waals surface area (Å²) in [5.41, 5.74) is 0.993. The molecule has 21 heavy (non-hydrogen) atoms. The van der Waals surface area contributed by atoms with Crippen LogP contribution in [0, 0.1) is 12.7 Å². The number of carbonyl (C=O) groups excluding carboxylic acids is 1. The van der Waals surface area contributed by atoms with Crippen molar-refractivity contribution in [3.63, 3.8) is 0 Å². The van der Waals surface area contributed by atoms with Gasteiger partial charge >= 0.3 is 0 Å². The van der Waals surface area contributed by atoms with Crippen LogP contribution in [0.4, 0.5) is 4.39 Å². The molecular weight excluding hydrogens is 271 g/mol.